The van der Waals surface area contributed by atoms with Crippen molar-refractivity contribution in [1.29, 1.82) is 0 Å². The van der Waals surface area contributed by atoms with Crippen LogP contribution in [0.1, 0.15) is 35.8 Å². The molecule has 0 bridgehead atoms. The topological polar surface area (TPSA) is 56.1 Å². The van der Waals surface area contributed by atoms with E-state index in [0.717, 1.165) is 5.69 Å². The fraction of sp³-hybridized carbons (Fsp3) is 0.238. The van der Waals surface area contributed by atoms with E-state index in [4.69, 9.17) is 16.3 Å². The van der Waals surface area contributed by atoms with Gasteiger partial charge in [0.2, 0.25) is 0 Å². The summed E-state index contributed by atoms with van der Waals surface area (Å²) in [5.41, 5.74) is 1.96. The van der Waals surface area contributed by atoms with Crippen molar-refractivity contribution < 1.29 is 13.9 Å². The molecule has 0 aliphatic carbocycles. The summed E-state index contributed by atoms with van der Waals surface area (Å²) >= 11 is 5.84. The number of nitrogens with zero attached hydrogens (tertiary/aromatic N) is 2. The Bertz CT molecular complexity index is 937. The van der Waals surface area contributed by atoms with Gasteiger partial charge in [0.15, 0.2) is 0 Å². The normalized spacial score (nSPS) is 10.9. The van der Waals surface area contributed by atoms with Gasteiger partial charge in [-0.2, -0.15) is 5.10 Å². The summed E-state index contributed by atoms with van der Waals surface area (Å²) in [5, 5.41) is 7.82. The number of hydrogen-bond donors (Lipinski definition) is 1. The van der Waals surface area contributed by atoms with Crippen molar-refractivity contribution >= 4 is 17.5 Å². The number of benzene rings is 2. The summed E-state index contributed by atoms with van der Waals surface area (Å²) in [5.74, 6) is 0.196. The quantitative estimate of drug-likeness (QED) is 0.589. The molecule has 0 atom stereocenters. The molecule has 3 rings (SSSR count). The zero-order chi connectivity index (χ0) is 20.1. The third-order valence-electron chi connectivity index (χ3n) is 4.14. The van der Waals surface area contributed by atoms with Crippen LogP contribution in [0.15, 0.2) is 54.7 Å². The van der Waals surface area contributed by atoms with E-state index in [1.165, 1.54) is 18.3 Å². The lowest BCUT2D eigenvalue weighted by Crippen LogP contribution is -2.29. The summed E-state index contributed by atoms with van der Waals surface area (Å²) < 4.78 is 20.4. The molecule has 1 heterocycles. The van der Waals surface area contributed by atoms with Gasteiger partial charge in [-0.25, -0.2) is 9.07 Å². The highest BCUT2D eigenvalue weighted by atomic mass is 35.5. The van der Waals surface area contributed by atoms with Crippen LogP contribution in [0.2, 0.25) is 5.02 Å². The number of carbonyl (C=O) groups is 1. The van der Waals surface area contributed by atoms with Crippen molar-refractivity contribution in [3.05, 3.63) is 76.8 Å². The van der Waals surface area contributed by atoms with Crippen molar-refractivity contribution in [1.82, 2.24) is 15.1 Å². The van der Waals surface area contributed by atoms with Crippen LogP contribution in [-0.2, 0) is 0 Å². The van der Waals surface area contributed by atoms with Crippen LogP contribution in [0.25, 0.3) is 5.69 Å². The molecule has 0 aliphatic heterocycles. The molecule has 146 valence electrons. The van der Waals surface area contributed by atoms with E-state index >= 15 is 0 Å². The Morgan fingerprint density at radius 2 is 1.86 bits per heavy atom. The van der Waals surface area contributed by atoms with Gasteiger partial charge in [-0.3, -0.25) is 4.79 Å². The molecule has 0 unspecified atom stereocenters. The summed E-state index contributed by atoms with van der Waals surface area (Å²) in [6.45, 7) is 4.64. The molecule has 0 fully saturated rings. The molecule has 7 heteroatoms. The van der Waals surface area contributed by atoms with E-state index in [2.05, 4.69) is 10.4 Å². The van der Waals surface area contributed by atoms with Crippen LogP contribution in [0.4, 0.5) is 4.39 Å². The molecule has 0 aliphatic rings. The molecule has 28 heavy (non-hydrogen) atoms. The Morgan fingerprint density at radius 3 is 2.50 bits per heavy atom. The number of halogens is 2. The number of carbonyl (C=O) groups excluding carboxylic acids is 1. The molecule has 1 amide bonds. The minimum absolute atomic E-state index is 0.0543. The predicted octanol–water partition coefficient (Wildman–Crippen LogP) is 4.60. The van der Waals surface area contributed by atoms with Gasteiger partial charge >= 0.3 is 0 Å². The standard InChI is InChI=1S/C21H21ClFN3O2/c1-14(2)20-19(13-25-26(20)17-7-5-16(23)6-8-17)21(27)24-11-12-28-18-9-3-15(22)4-10-18/h3-10,13-14H,11-12H2,1-2H3,(H,24,27). The van der Waals surface area contributed by atoms with Gasteiger partial charge in [0.25, 0.3) is 5.91 Å². The zero-order valence-electron chi connectivity index (χ0n) is 15.7. The smallest absolute Gasteiger partial charge is 0.254 e. The third kappa shape index (κ3) is 4.70. The summed E-state index contributed by atoms with van der Waals surface area (Å²) in [7, 11) is 0. The lowest BCUT2D eigenvalue weighted by Gasteiger charge is -2.13. The number of aromatic nitrogens is 2. The van der Waals surface area contributed by atoms with Gasteiger partial charge in [0.05, 0.1) is 29.7 Å². The maximum absolute atomic E-state index is 13.2. The van der Waals surface area contributed by atoms with Gasteiger partial charge in [-0.1, -0.05) is 25.4 Å². The minimum atomic E-state index is -0.319. The third-order valence-corrected chi connectivity index (χ3v) is 4.39. The lowest BCUT2D eigenvalue weighted by atomic mass is 10.1. The van der Waals surface area contributed by atoms with E-state index < -0.39 is 0 Å². The summed E-state index contributed by atoms with van der Waals surface area (Å²) in [4.78, 5) is 12.6. The summed E-state index contributed by atoms with van der Waals surface area (Å²) in [6, 6.07) is 13.0. The van der Waals surface area contributed by atoms with Gasteiger partial charge < -0.3 is 10.1 Å². The van der Waals surface area contributed by atoms with Crippen LogP contribution < -0.4 is 10.1 Å². The number of nitrogens with one attached hydrogen (secondary N) is 1. The molecular weight excluding hydrogens is 381 g/mol. The van der Waals surface area contributed by atoms with Crippen LogP contribution in [0.3, 0.4) is 0 Å². The Hall–Kier alpha value is -2.86. The van der Waals surface area contributed by atoms with E-state index in [9.17, 15) is 9.18 Å². The first-order valence-electron chi connectivity index (χ1n) is 8.96. The zero-order valence-corrected chi connectivity index (χ0v) is 16.4. The molecule has 0 spiro atoms. The average Bonchev–Trinajstić information content (AvgIpc) is 3.12. The van der Waals surface area contributed by atoms with Crippen molar-refractivity contribution in [2.24, 2.45) is 0 Å². The first-order chi connectivity index (χ1) is 13.5. The van der Waals surface area contributed by atoms with Gasteiger partial charge in [0.1, 0.15) is 18.2 Å². The second-order valence-corrected chi connectivity index (χ2v) is 6.98. The first kappa shape index (κ1) is 19.9. The van der Waals surface area contributed by atoms with Crippen LogP contribution >= 0.6 is 11.6 Å². The Morgan fingerprint density at radius 1 is 1.18 bits per heavy atom. The first-order valence-corrected chi connectivity index (χ1v) is 9.34. The van der Waals surface area contributed by atoms with Gasteiger partial charge in [0, 0.05) is 5.02 Å². The van der Waals surface area contributed by atoms with Crippen molar-refractivity contribution in [3.63, 3.8) is 0 Å². The summed E-state index contributed by atoms with van der Waals surface area (Å²) in [6.07, 6.45) is 1.54. The van der Waals surface area contributed by atoms with Crippen LogP contribution in [-0.4, -0.2) is 28.8 Å². The molecule has 0 radical (unpaired) electrons. The monoisotopic (exact) mass is 401 g/mol. The predicted molar refractivity (Wildman–Crippen MR) is 107 cm³/mol. The maximum atomic E-state index is 13.2. The van der Waals surface area contributed by atoms with Crippen LogP contribution in [0, 0.1) is 5.82 Å². The Kier molecular flexibility index (Phi) is 6.31. The van der Waals surface area contributed by atoms with Crippen molar-refractivity contribution in [2.75, 3.05) is 13.2 Å². The van der Waals surface area contributed by atoms with Crippen LogP contribution in [0.5, 0.6) is 5.75 Å². The molecule has 5 nitrogen and oxygen atoms in total. The highest BCUT2D eigenvalue weighted by Gasteiger charge is 2.20. The second kappa shape index (κ2) is 8.89. The average molecular weight is 402 g/mol. The minimum Gasteiger partial charge on any atom is -0.492 e. The van der Waals surface area contributed by atoms with Gasteiger partial charge in [-0.05, 0) is 54.4 Å². The molecule has 3 aromatic rings. The molecule has 1 N–H and O–H groups in total. The van der Waals surface area contributed by atoms with E-state index in [-0.39, 0.29) is 17.6 Å². The van der Waals surface area contributed by atoms with E-state index in [1.54, 1.807) is 41.1 Å². The SMILES string of the molecule is CC(C)c1c(C(=O)NCCOc2ccc(Cl)cc2)cnn1-c1ccc(F)cc1. The van der Waals surface area contributed by atoms with Gasteiger partial charge in [-0.15, -0.1) is 0 Å². The lowest BCUT2D eigenvalue weighted by molar-refractivity contribution is 0.0945. The fourth-order valence-corrected chi connectivity index (χ4v) is 2.96. The number of amides is 1. The highest BCUT2D eigenvalue weighted by molar-refractivity contribution is 6.30. The molecular formula is C21H21ClFN3O2. The number of rotatable bonds is 7. The molecule has 0 saturated carbocycles. The highest BCUT2D eigenvalue weighted by Crippen LogP contribution is 2.23. The van der Waals surface area contributed by atoms with E-state index in [1.807, 2.05) is 13.8 Å². The van der Waals surface area contributed by atoms with Crippen molar-refractivity contribution in [2.45, 2.75) is 19.8 Å². The Labute approximate surface area is 168 Å². The fourth-order valence-electron chi connectivity index (χ4n) is 2.84. The number of hydrogen-bond acceptors (Lipinski definition) is 3. The largest absolute Gasteiger partial charge is 0.492 e. The molecule has 1 aromatic heterocycles. The maximum Gasteiger partial charge on any atom is 0.254 e. The van der Waals surface area contributed by atoms with E-state index in [0.29, 0.717) is 35.2 Å². The Balaban J connectivity index is 1.66. The van der Waals surface area contributed by atoms with Crippen molar-refractivity contribution in [3.8, 4) is 11.4 Å². The second-order valence-electron chi connectivity index (χ2n) is 6.54. The molecule has 2 aromatic carbocycles. The molecule has 0 saturated heterocycles. The number of ether oxygens (including phenoxy) is 1.